The SMILES string of the molecule is O=Cc1ccc(CO[N+](=O)[O-])c([N+](=O)[O-])c1. The average Bonchev–Trinajstić information content (AvgIpc) is 2.25. The van der Waals surface area contributed by atoms with Crippen molar-refractivity contribution < 1.29 is 19.6 Å². The average molecular weight is 226 g/mol. The zero-order valence-corrected chi connectivity index (χ0v) is 7.86. The molecule has 0 aliphatic heterocycles. The summed E-state index contributed by atoms with van der Waals surface area (Å²) >= 11 is 0. The summed E-state index contributed by atoms with van der Waals surface area (Å²) in [6.45, 7) is -0.525. The lowest BCUT2D eigenvalue weighted by molar-refractivity contribution is -0.763. The molecule has 0 atom stereocenters. The summed E-state index contributed by atoms with van der Waals surface area (Å²) < 4.78 is 0. The van der Waals surface area contributed by atoms with Gasteiger partial charge in [-0.2, -0.15) is 0 Å². The van der Waals surface area contributed by atoms with Gasteiger partial charge in [-0.05, 0) is 6.07 Å². The largest absolute Gasteiger partial charge is 0.309 e. The minimum atomic E-state index is -1.04. The van der Waals surface area contributed by atoms with Gasteiger partial charge >= 0.3 is 0 Å². The van der Waals surface area contributed by atoms with Crippen molar-refractivity contribution >= 4 is 12.0 Å². The van der Waals surface area contributed by atoms with Gasteiger partial charge < -0.3 is 4.84 Å². The molecule has 0 spiro atoms. The molecule has 0 aromatic heterocycles. The first kappa shape index (κ1) is 11.6. The van der Waals surface area contributed by atoms with E-state index in [1.54, 1.807) is 0 Å². The first-order chi connectivity index (χ1) is 7.54. The van der Waals surface area contributed by atoms with Crippen molar-refractivity contribution in [2.45, 2.75) is 6.61 Å². The van der Waals surface area contributed by atoms with Crippen molar-refractivity contribution in [3.8, 4) is 0 Å². The van der Waals surface area contributed by atoms with E-state index in [0.717, 1.165) is 6.07 Å². The summed E-state index contributed by atoms with van der Waals surface area (Å²) in [5, 5.41) is 19.5. The molecule has 1 aromatic carbocycles. The molecule has 84 valence electrons. The molecule has 1 rings (SSSR count). The van der Waals surface area contributed by atoms with Crippen LogP contribution in [0.2, 0.25) is 0 Å². The lowest BCUT2D eigenvalue weighted by Crippen LogP contribution is -2.03. The highest BCUT2D eigenvalue weighted by atomic mass is 16.9. The number of benzene rings is 1. The zero-order valence-electron chi connectivity index (χ0n) is 7.86. The number of nitro groups is 1. The van der Waals surface area contributed by atoms with Crippen molar-refractivity contribution in [3.63, 3.8) is 0 Å². The molecule has 8 nitrogen and oxygen atoms in total. The lowest BCUT2D eigenvalue weighted by atomic mass is 10.1. The summed E-state index contributed by atoms with van der Waals surface area (Å²) in [6.07, 6.45) is 0.450. The Balaban J connectivity index is 3.03. The fraction of sp³-hybridized carbons (Fsp3) is 0.125. The molecule has 0 heterocycles. The first-order valence-electron chi connectivity index (χ1n) is 4.04. The van der Waals surface area contributed by atoms with Crippen LogP contribution < -0.4 is 0 Å². The molecule has 0 saturated carbocycles. The van der Waals surface area contributed by atoms with Gasteiger partial charge in [0.2, 0.25) is 0 Å². The predicted molar refractivity (Wildman–Crippen MR) is 50.3 cm³/mol. The van der Waals surface area contributed by atoms with Gasteiger partial charge in [-0.15, -0.1) is 10.1 Å². The summed E-state index contributed by atoms with van der Waals surface area (Å²) in [5.74, 6) is 0. The second kappa shape index (κ2) is 4.82. The number of aldehydes is 1. The number of carbonyl (C=O) groups excluding carboxylic acids is 1. The van der Waals surface area contributed by atoms with E-state index in [0.29, 0.717) is 6.29 Å². The number of nitro benzene ring substituents is 1. The van der Waals surface area contributed by atoms with Gasteiger partial charge in [0, 0.05) is 11.6 Å². The molecule has 0 aliphatic carbocycles. The third-order valence-electron chi connectivity index (χ3n) is 1.77. The van der Waals surface area contributed by atoms with Crippen LogP contribution in [0.5, 0.6) is 0 Å². The molecule has 16 heavy (non-hydrogen) atoms. The molecule has 0 unspecified atom stereocenters. The van der Waals surface area contributed by atoms with Crippen molar-refractivity contribution in [3.05, 3.63) is 49.6 Å². The third-order valence-corrected chi connectivity index (χ3v) is 1.77. The Labute approximate surface area is 88.7 Å². The number of carbonyl (C=O) groups is 1. The molecular weight excluding hydrogens is 220 g/mol. The van der Waals surface area contributed by atoms with Crippen LogP contribution >= 0.6 is 0 Å². The quantitative estimate of drug-likeness (QED) is 0.422. The van der Waals surface area contributed by atoms with Gasteiger partial charge in [0.1, 0.15) is 12.9 Å². The Kier molecular flexibility index (Phi) is 3.49. The van der Waals surface area contributed by atoms with Crippen LogP contribution in [0.1, 0.15) is 15.9 Å². The topological polar surface area (TPSA) is 113 Å². The maximum absolute atomic E-state index is 10.6. The molecule has 0 radical (unpaired) electrons. The van der Waals surface area contributed by atoms with Crippen molar-refractivity contribution in [1.82, 2.24) is 0 Å². The molecule has 0 aliphatic rings. The summed E-state index contributed by atoms with van der Waals surface area (Å²) in [4.78, 5) is 34.2. The maximum atomic E-state index is 10.6. The number of nitrogens with zero attached hydrogens (tertiary/aromatic N) is 2. The van der Waals surface area contributed by atoms with Crippen LogP contribution in [-0.4, -0.2) is 16.3 Å². The lowest BCUT2D eigenvalue weighted by Gasteiger charge is -2.01. The minimum absolute atomic E-state index is 0.0345. The van der Waals surface area contributed by atoms with Crippen LogP contribution in [0.3, 0.4) is 0 Å². The van der Waals surface area contributed by atoms with E-state index in [2.05, 4.69) is 4.84 Å². The molecule has 0 amide bonds. The van der Waals surface area contributed by atoms with Crippen molar-refractivity contribution in [2.24, 2.45) is 0 Å². The monoisotopic (exact) mass is 226 g/mol. The molecule has 0 bridgehead atoms. The van der Waals surface area contributed by atoms with E-state index in [1.807, 2.05) is 0 Å². The second-order valence-electron chi connectivity index (χ2n) is 2.76. The minimum Gasteiger partial charge on any atom is -0.309 e. The molecule has 1 aromatic rings. The summed E-state index contributed by atoms with van der Waals surface area (Å²) in [7, 11) is 0. The normalized spacial score (nSPS) is 9.50. The summed E-state index contributed by atoms with van der Waals surface area (Å²) in [6, 6.07) is 3.59. The molecule has 8 heteroatoms. The molecule has 0 fully saturated rings. The van der Waals surface area contributed by atoms with E-state index in [9.17, 15) is 25.0 Å². The first-order valence-corrected chi connectivity index (χ1v) is 4.04. The Morgan fingerprint density at radius 1 is 1.31 bits per heavy atom. The number of hydrogen-bond donors (Lipinski definition) is 0. The van der Waals surface area contributed by atoms with Gasteiger partial charge in [-0.25, -0.2) is 0 Å². The van der Waals surface area contributed by atoms with E-state index < -0.39 is 16.6 Å². The zero-order chi connectivity index (χ0) is 12.1. The molecule has 0 saturated heterocycles. The fourth-order valence-electron chi connectivity index (χ4n) is 1.07. The van der Waals surface area contributed by atoms with Crippen LogP contribution in [-0.2, 0) is 11.4 Å². The molecule has 0 N–H and O–H groups in total. The van der Waals surface area contributed by atoms with Gasteiger partial charge in [0.05, 0.1) is 10.5 Å². The maximum Gasteiger partial charge on any atom is 0.294 e. The summed E-state index contributed by atoms with van der Waals surface area (Å²) in [5.41, 5.74) is -0.227. The van der Waals surface area contributed by atoms with Crippen molar-refractivity contribution in [2.75, 3.05) is 0 Å². The fourth-order valence-corrected chi connectivity index (χ4v) is 1.07. The Morgan fingerprint density at radius 2 is 2.00 bits per heavy atom. The van der Waals surface area contributed by atoms with E-state index in [1.165, 1.54) is 12.1 Å². The van der Waals surface area contributed by atoms with E-state index in [4.69, 9.17) is 0 Å². The molecular formula is C8H6N2O6. The van der Waals surface area contributed by atoms with Crippen LogP contribution in [0.25, 0.3) is 0 Å². The van der Waals surface area contributed by atoms with Gasteiger partial charge in [-0.1, -0.05) is 6.07 Å². The predicted octanol–water partition coefficient (Wildman–Crippen LogP) is 1.12. The van der Waals surface area contributed by atoms with Crippen LogP contribution in [0.4, 0.5) is 5.69 Å². The Hall–Kier alpha value is -2.51. The highest BCUT2D eigenvalue weighted by molar-refractivity contribution is 5.76. The van der Waals surface area contributed by atoms with E-state index >= 15 is 0 Å². The van der Waals surface area contributed by atoms with Crippen LogP contribution in [0.15, 0.2) is 18.2 Å². The van der Waals surface area contributed by atoms with Gasteiger partial charge in [-0.3, -0.25) is 14.9 Å². The third kappa shape index (κ3) is 2.74. The van der Waals surface area contributed by atoms with Gasteiger partial charge in [0.15, 0.2) is 0 Å². The Bertz CT molecular complexity index is 444. The van der Waals surface area contributed by atoms with Gasteiger partial charge in [0.25, 0.3) is 10.8 Å². The number of hydrogen-bond acceptors (Lipinski definition) is 6. The van der Waals surface area contributed by atoms with E-state index in [-0.39, 0.29) is 16.8 Å². The number of rotatable bonds is 5. The van der Waals surface area contributed by atoms with Crippen LogP contribution in [0, 0.1) is 20.2 Å². The highest BCUT2D eigenvalue weighted by Crippen LogP contribution is 2.20. The standard InChI is InChI=1S/C8H6N2O6/c11-4-6-1-2-7(5-16-10(14)15)8(3-6)9(12)13/h1-4H,5H2. The smallest absolute Gasteiger partial charge is 0.294 e. The highest BCUT2D eigenvalue weighted by Gasteiger charge is 2.15. The van der Waals surface area contributed by atoms with Crippen molar-refractivity contribution in [1.29, 1.82) is 0 Å². The second-order valence-corrected chi connectivity index (χ2v) is 2.76. The Morgan fingerprint density at radius 3 is 2.50 bits per heavy atom.